The van der Waals surface area contributed by atoms with E-state index in [2.05, 4.69) is 29.1 Å². The number of rotatable bonds is 7. The van der Waals surface area contributed by atoms with E-state index < -0.39 is 0 Å². The van der Waals surface area contributed by atoms with E-state index in [0.717, 1.165) is 36.6 Å². The molecule has 0 saturated carbocycles. The highest BCUT2D eigenvalue weighted by Crippen LogP contribution is 2.23. The van der Waals surface area contributed by atoms with Crippen LogP contribution in [0.25, 0.3) is 0 Å². The lowest BCUT2D eigenvalue weighted by molar-refractivity contribution is 0.303. The van der Waals surface area contributed by atoms with Crippen LogP contribution in [0.1, 0.15) is 25.8 Å². The Morgan fingerprint density at radius 3 is 2.71 bits per heavy atom. The predicted molar refractivity (Wildman–Crippen MR) is 70.5 cm³/mol. The summed E-state index contributed by atoms with van der Waals surface area (Å²) in [5.74, 6) is 1.82. The van der Waals surface area contributed by atoms with Gasteiger partial charge in [-0.15, -0.1) is 0 Å². The van der Waals surface area contributed by atoms with Crippen LogP contribution in [0.3, 0.4) is 0 Å². The SMILES string of the molecule is CCCc1c(NCC)ncnc1N(C)CCO. The van der Waals surface area contributed by atoms with E-state index in [1.807, 2.05) is 11.9 Å². The minimum absolute atomic E-state index is 0.128. The highest BCUT2D eigenvalue weighted by molar-refractivity contribution is 5.58. The lowest BCUT2D eigenvalue weighted by atomic mass is 10.1. The second-order valence-electron chi connectivity index (χ2n) is 3.95. The molecule has 0 saturated heterocycles. The lowest BCUT2D eigenvalue weighted by Crippen LogP contribution is -2.24. The van der Waals surface area contributed by atoms with Crippen LogP contribution in [0.4, 0.5) is 11.6 Å². The number of nitrogens with zero attached hydrogens (tertiary/aromatic N) is 3. The van der Waals surface area contributed by atoms with Gasteiger partial charge in [0.15, 0.2) is 0 Å². The molecule has 96 valence electrons. The highest BCUT2D eigenvalue weighted by atomic mass is 16.3. The Hall–Kier alpha value is -1.36. The van der Waals surface area contributed by atoms with E-state index in [1.165, 1.54) is 0 Å². The van der Waals surface area contributed by atoms with Gasteiger partial charge in [-0.3, -0.25) is 0 Å². The third-order valence-electron chi connectivity index (χ3n) is 2.56. The zero-order valence-corrected chi connectivity index (χ0v) is 10.9. The van der Waals surface area contributed by atoms with Gasteiger partial charge in [0.1, 0.15) is 18.0 Å². The van der Waals surface area contributed by atoms with Crippen molar-refractivity contribution in [1.82, 2.24) is 9.97 Å². The molecule has 0 aliphatic carbocycles. The number of anilines is 2. The van der Waals surface area contributed by atoms with Crippen molar-refractivity contribution in [3.05, 3.63) is 11.9 Å². The molecular formula is C12H22N4O. The highest BCUT2D eigenvalue weighted by Gasteiger charge is 2.13. The fourth-order valence-electron chi connectivity index (χ4n) is 1.79. The molecule has 1 rings (SSSR count). The molecule has 1 aromatic heterocycles. The number of aliphatic hydroxyl groups is 1. The zero-order valence-electron chi connectivity index (χ0n) is 10.9. The van der Waals surface area contributed by atoms with Crippen LogP contribution in [0.2, 0.25) is 0 Å². The molecule has 2 N–H and O–H groups in total. The van der Waals surface area contributed by atoms with Crippen molar-refractivity contribution >= 4 is 11.6 Å². The van der Waals surface area contributed by atoms with Crippen molar-refractivity contribution < 1.29 is 5.11 Å². The molecule has 0 spiro atoms. The maximum atomic E-state index is 8.99. The van der Waals surface area contributed by atoms with Crippen LogP contribution < -0.4 is 10.2 Å². The minimum atomic E-state index is 0.128. The van der Waals surface area contributed by atoms with Crippen LogP contribution >= 0.6 is 0 Å². The van der Waals surface area contributed by atoms with Gasteiger partial charge in [-0.1, -0.05) is 13.3 Å². The summed E-state index contributed by atoms with van der Waals surface area (Å²) in [6.45, 7) is 5.74. The van der Waals surface area contributed by atoms with Crippen LogP contribution in [0.5, 0.6) is 0 Å². The fourth-order valence-corrected chi connectivity index (χ4v) is 1.79. The molecule has 0 aliphatic rings. The third kappa shape index (κ3) is 3.56. The molecule has 0 atom stereocenters. The van der Waals surface area contributed by atoms with Gasteiger partial charge in [0.25, 0.3) is 0 Å². The molecule has 5 heteroatoms. The first-order valence-corrected chi connectivity index (χ1v) is 6.14. The number of aliphatic hydroxyl groups excluding tert-OH is 1. The van der Waals surface area contributed by atoms with E-state index in [0.29, 0.717) is 6.54 Å². The Bertz CT molecular complexity index is 343. The molecule has 17 heavy (non-hydrogen) atoms. The van der Waals surface area contributed by atoms with E-state index >= 15 is 0 Å². The van der Waals surface area contributed by atoms with Gasteiger partial charge >= 0.3 is 0 Å². The van der Waals surface area contributed by atoms with Crippen LogP contribution in [-0.2, 0) is 6.42 Å². The van der Waals surface area contributed by atoms with Crippen molar-refractivity contribution in [3.63, 3.8) is 0 Å². The Labute approximate surface area is 103 Å². The van der Waals surface area contributed by atoms with Gasteiger partial charge < -0.3 is 15.3 Å². The van der Waals surface area contributed by atoms with E-state index in [1.54, 1.807) is 6.33 Å². The fraction of sp³-hybridized carbons (Fsp3) is 0.667. The summed E-state index contributed by atoms with van der Waals surface area (Å²) in [5.41, 5.74) is 1.13. The number of hydrogen-bond donors (Lipinski definition) is 2. The Morgan fingerprint density at radius 2 is 2.12 bits per heavy atom. The van der Waals surface area contributed by atoms with Crippen LogP contribution in [0, 0.1) is 0 Å². The van der Waals surface area contributed by atoms with Crippen molar-refractivity contribution in [2.24, 2.45) is 0 Å². The molecule has 1 heterocycles. The Balaban J connectivity index is 3.04. The smallest absolute Gasteiger partial charge is 0.137 e. The average Bonchev–Trinajstić information content (AvgIpc) is 2.32. The normalized spacial score (nSPS) is 10.4. The molecule has 0 bridgehead atoms. The van der Waals surface area contributed by atoms with Gasteiger partial charge in [0.2, 0.25) is 0 Å². The van der Waals surface area contributed by atoms with Crippen LogP contribution in [-0.4, -0.2) is 41.8 Å². The molecule has 0 fully saturated rings. The zero-order chi connectivity index (χ0) is 12.7. The van der Waals surface area contributed by atoms with Crippen molar-refractivity contribution in [2.45, 2.75) is 26.7 Å². The Morgan fingerprint density at radius 1 is 1.35 bits per heavy atom. The summed E-state index contributed by atoms with van der Waals surface area (Å²) in [6.07, 6.45) is 3.56. The molecule has 0 unspecified atom stereocenters. The van der Waals surface area contributed by atoms with Gasteiger partial charge in [-0.2, -0.15) is 0 Å². The summed E-state index contributed by atoms with van der Waals surface area (Å²) >= 11 is 0. The predicted octanol–water partition coefficient (Wildman–Crippen LogP) is 1.29. The summed E-state index contributed by atoms with van der Waals surface area (Å²) in [5, 5.41) is 12.2. The third-order valence-corrected chi connectivity index (χ3v) is 2.56. The average molecular weight is 238 g/mol. The summed E-state index contributed by atoms with van der Waals surface area (Å²) in [4.78, 5) is 10.6. The molecule has 0 aliphatic heterocycles. The molecule has 5 nitrogen and oxygen atoms in total. The molecule has 0 radical (unpaired) electrons. The summed E-state index contributed by atoms with van der Waals surface area (Å²) < 4.78 is 0. The van der Waals surface area contributed by atoms with Gasteiger partial charge in [-0.25, -0.2) is 9.97 Å². The second kappa shape index (κ2) is 7.06. The molecule has 0 amide bonds. The van der Waals surface area contributed by atoms with Gasteiger partial charge in [-0.05, 0) is 13.3 Å². The monoisotopic (exact) mass is 238 g/mol. The molecule has 1 aromatic rings. The van der Waals surface area contributed by atoms with E-state index in [-0.39, 0.29) is 6.61 Å². The molecular weight excluding hydrogens is 216 g/mol. The van der Waals surface area contributed by atoms with Crippen LogP contribution in [0.15, 0.2) is 6.33 Å². The first-order valence-electron chi connectivity index (χ1n) is 6.14. The largest absolute Gasteiger partial charge is 0.395 e. The van der Waals surface area contributed by atoms with Crippen molar-refractivity contribution in [2.75, 3.05) is 37.0 Å². The van der Waals surface area contributed by atoms with Gasteiger partial charge in [0, 0.05) is 25.7 Å². The maximum absolute atomic E-state index is 8.99. The number of nitrogens with one attached hydrogen (secondary N) is 1. The van der Waals surface area contributed by atoms with E-state index in [4.69, 9.17) is 5.11 Å². The minimum Gasteiger partial charge on any atom is -0.395 e. The van der Waals surface area contributed by atoms with E-state index in [9.17, 15) is 0 Å². The van der Waals surface area contributed by atoms with Crippen molar-refractivity contribution in [3.8, 4) is 0 Å². The quantitative estimate of drug-likeness (QED) is 0.749. The summed E-state index contributed by atoms with van der Waals surface area (Å²) in [7, 11) is 1.94. The standard InChI is InChI=1S/C12H22N4O/c1-4-6-10-11(13-5-2)14-9-15-12(10)16(3)7-8-17/h9,17H,4-8H2,1-3H3,(H,13,14,15). The number of aromatic nitrogens is 2. The number of hydrogen-bond acceptors (Lipinski definition) is 5. The Kier molecular flexibility index (Phi) is 5.69. The first-order chi connectivity index (χ1) is 8.24. The second-order valence-corrected chi connectivity index (χ2v) is 3.95. The topological polar surface area (TPSA) is 61.3 Å². The molecule has 0 aromatic carbocycles. The number of likely N-dealkylation sites (N-methyl/N-ethyl adjacent to an activating group) is 1. The summed E-state index contributed by atoms with van der Waals surface area (Å²) in [6, 6.07) is 0. The van der Waals surface area contributed by atoms with Gasteiger partial charge in [0.05, 0.1) is 6.61 Å². The maximum Gasteiger partial charge on any atom is 0.137 e. The first kappa shape index (κ1) is 13.7. The lowest BCUT2D eigenvalue weighted by Gasteiger charge is -2.21. The van der Waals surface area contributed by atoms with Crippen molar-refractivity contribution in [1.29, 1.82) is 0 Å².